The van der Waals surface area contributed by atoms with E-state index in [0.717, 1.165) is 35.7 Å². The average molecular weight is 583 g/mol. The summed E-state index contributed by atoms with van der Waals surface area (Å²) in [6, 6.07) is 12.4. The number of carbonyl (C=O) groups is 1. The molecule has 0 amide bonds. The molecule has 1 unspecified atom stereocenters. The normalized spacial score (nSPS) is 13.1. The lowest BCUT2D eigenvalue weighted by atomic mass is 9.95. The van der Waals surface area contributed by atoms with Gasteiger partial charge in [-0.2, -0.15) is 17.5 Å². The summed E-state index contributed by atoms with van der Waals surface area (Å²) in [6.07, 6.45) is -3.07. The third kappa shape index (κ3) is 11.3. The number of aliphatic carboxylic acids is 1. The van der Waals surface area contributed by atoms with Gasteiger partial charge in [0, 0.05) is 44.1 Å². The van der Waals surface area contributed by atoms with Crippen molar-refractivity contribution in [1.82, 2.24) is 9.62 Å². The SMILES string of the molecule is CN(CC(O)CNC(C)(C)CCCc1ccccc1)S(=O)(=O)c1cc(C#CCCCC(=O)O)cc(C(F)(F)F)c1. The Bertz CT molecular complexity index is 1290. The van der Waals surface area contributed by atoms with Crippen LogP contribution < -0.4 is 5.32 Å². The molecule has 0 aliphatic carbocycles. The number of carboxylic acid groups (broad SMARTS) is 1. The number of sulfonamides is 1. The number of benzene rings is 2. The van der Waals surface area contributed by atoms with E-state index in [-0.39, 0.29) is 43.5 Å². The Morgan fingerprint density at radius 2 is 1.77 bits per heavy atom. The van der Waals surface area contributed by atoms with E-state index in [1.165, 1.54) is 12.6 Å². The molecular formula is C29H37F3N2O5S. The van der Waals surface area contributed by atoms with Crippen LogP contribution in [0.15, 0.2) is 53.4 Å². The second-order valence-electron chi connectivity index (χ2n) is 10.3. The van der Waals surface area contributed by atoms with Gasteiger partial charge in [0.25, 0.3) is 0 Å². The van der Waals surface area contributed by atoms with Crippen molar-refractivity contribution < 1.29 is 36.6 Å². The lowest BCUT2D eigenvalue weighted by Gasteiger charge is -2.29. The first-order valence-corrected chi connectivity index (χ1v) is 14.4. The number of nitrogens with one attached hydrogen (secondary N) is 1. The van der Waals surface area contributed by atoms with Crippen molar-refractivity contribution in [2.45, 2.75) is 75.1 Å². The monoisotopic (exact) mass is 582 g/mol. The number of aliphatic hydroxyl groups is 1. The van der Waals surface area contributed by atoms with Gasteiger partial charge in [-0.3, -0.25) is 4.79 Å². The van der Waals surface area contributed by atoms with Gasteiger partial charge < -0.3 is 15.5 Å². The van der Waals surface area contributed by atoms with E-state index in [4.69, 9.17) is 5.11 Å². The minimum Gasteiger partial charge on any atom is -0.481 e. The van der Waals surface area contributed by atoms with Crippen molar-refractivity contribution in [3.63, 3.8) is 0 Å². The highest BCUT2D eigenvalue weighted by atomic mass is 32.2. The predicted molar refractivity (Wildman–Crippen MR) is 147 cm³/mol. The molecule has 0 saturated carbocycles. The number of likely N-dealkylation sites (N-methyl/N-ethyl adjacent to an activating group) is 1. The van der Waals surface area contributed by atoms with Gasteiger partial charge >= 0.3 is 12.1 Å². The predicted octanol–water partition coefficient (Wildman–Crippen LogP) is 4.68. The summed E-state index contributed by atoms with van der Waals surface area (Å²) in [7, 11) is -3.19. The fourth-order valence-corrected chi connectivity index (χ4v) is 5.26. The molecule has 0 aliphatic heterocycles. The number of alkyl halides is 3. The quantitative estimate of drug-likeness (QED) is 0.221. The van der Waals surface area contributed by atoms with Gasteiger partial charge in [-0.1, -0.05) is 42.2 Å². The number of carboxylic acids is 1. The van der Waals surface area contributed by atoms with E-state index in [0.29, 0.717) is 6.07 Å². The molecule has 40 heavy (non-hydrogen) atoms. The molecule has 0 heterocycles. The van der Waals surface area contributed by atoms with Crippen LogP contribution >= 0.6 is 0 Å². The van der Waals surface area contributed by atoms with Crippen molar-refractivity contribution in [2.24, 2.45) is 0 Å². The zero-order chi connectivity index (χ0) is 30.0. The topological polar surface area (TPSA) is 107 Å². The van der Waals surface area contributed by atoms with Crippen LogP contribution in [0.25, 0.3) is 0 Å². The van der Waals surface area contributed by atoms with Crippen LogP contribution in [0.3, 0.4) is 0 Å². The summed E-state index contributed by atoms with van der Waals surface area (Å²) in [5.74, 6) is 4.08. The van der Waals surface area contributed by atoms with E-state index < -0.39 is 38.7 Å². The van der Waals surface area contributed by atoms with Gasteiger partial charge in [0.2, 0.25) is 10.0 Å². The minimum absolute atomic E-state index is 0.0911. The molecule has 7 nitrogen and oxygen atoms in total. The minimum atomic E-state index is -4.81. The third-order valence-corrected chi connectivity index (χ3v) is 8.06. The summed E-state index contributed by atoms with van der Waals surface area (Å²) in [4.78, 5) is 10.0. The summed E-state index contributed by atoms with van der Waals surface area (Å²) < 4.78 is 67.6. The summed E-state index contributed by atoms with van der Waals surface area (Å²) in [6.45, 7) is 3.73. The Balaban J connectivity index is 2.04. The van der Waals surface area contributed by atoms with Crippen molar-refractivity contribution >= 4 is 16.0 Å². The number of unbranched alkanes of at least 4 members (excludes halogenated alkanes) is 1. The standard InChI is InChI=1S/C29H37F3N2O5S/c1-28(2,16-10-14-22-11-6-4-7-12-22)33-20-25(35)21-34(3)40(38,39)26-18-23(13-8-5-9-15-27(36)37)17-24(19-26)29(30,31)32/h4,6-7,11-12,17-19,25,33,35H,5,9-10,14-16,20-21H2,1-3H3,(H,36,37). The Hall–Kier alpha value is -2.91. The number of hydrogen-bond acceptors (Lipinski definition) is 5. The number of nitrogens with zero attached hydrogens (tertiary/aromatic N) is 1. The first-order chi connectivity index (χ1) is 18.6. The van der Waals surface area contributed by atoms with Crippen molar-refractivity contribution in [1.29, 1.82) is 0 Å². The fraction of sp³-hybridized carbons (Fsp3) is 0.483. The average Bonchev–Trinajstić information content (AvgIpc) is 2.87. The molecule has 2 rings (SSSR count). The van der Waals surface area contributed by atoms with Gasteiger partial charge in [-0.05, 0) is 63.3 Å². The number of aryl methyl sites for hydroxylation is 1. The molecule has 220 valence electrons. The fourth-order valence-electron chi connectivity index (χ4n) is 3.98. The molecular weight excluding hydrogens is 545 g/mol. The van der Waals surface area contributed by atoms with Crippen LogP contribution in [0.2, 0.25) is 0 Å². The Kier molecular flexibility index (Phi) is 12.2. The molecule has 0 radical (unpaired) electrons. The largest absolute Gasteiger partial charge is 0.481 e. The summed E-state index contributed by atoms with van der Waals surface area (Å²) >= 11 is 0. The lowest BCUT2D eigenvalue weighted by molar-refractivity contribution is -0.138. The highest BCUT2D eigenvalue weighted by molar-refractivity contribution is 7.89. The molecule has 0 spiro atoms. The van der Waals surface area contributed by atoms with E-state index in [1.54, 1.807) is 0 Å². The smallest absolute Gasteiger partial charge is 0.416 e. The van der Waals surface area contributed by atoms with Crippen LogP contribution in [-0.2, 0) is 27.4 Å². The molecule has 0 aromatic heterocycles. The number of halogens is 3. The van der Waals surface area contributed by atoms with Crippen LogP contribution in [0.4, 0.5) is 13.2 Å². The molecule has 2 aromatic rings. The molecule has 0 saturated heterocycles. The first kappa shape index (κ1) is 33.3. The maximum Gasteiger partial charge on any atom is 0.416 e. The molecule has 11 heteroatoms. The van der Waals surface area contributed by atoms with Gasteiger partial charge in [0.1, 0.15) is 0 Å². The van der Waals surface area contributed by atoms with Crippen LogP contribution in [0, 0.1) is 11.8 Å². The lowest BCUT2D eigenvalue weighted by Crippen LogP contribution is -2.46. The van der Waals surface area contributed by atoms with Crippen LogP contribution in [0.5, 0.6) is 0 Å². The first-order valence-electron chi connectivity index (χ1n) is 13.0. The molecule has 1 atom stereocenters. The van der Waals surface area contributed by atoms with Crippen molar-refractivity contribution in [3.05, 3.63) is 65.2 Å². The van der Waals surface area contributed by atoms with E-state index in [9.17, 15) is 31.5 Å². The molecule has 0 bridgehead atoms. The molecule has 0 aliphatic rings. The van der Waals surface area contributed by atoms with E-state index >= 15 is 0 Å². The second-order valence-corrected chi connectivity index (χ2v) is 12.4. The molecule has 3 N–H and O–H groups in total. The Labute approximate surface area is 234 Å². The Morgan fingerprint density at radius 3 is 2.40 bits per heavy atom. The number of hydrogen-bond donors (Lipinski definition) is 3. The van der Waals surface area contributed by atoms with Gasteiger partial charge in [0.15, 0.2) is 0 Å². The summed E-state index contributed by atoms with van der Waals surface area (Å²) in [5.41, 5.74) is -0.424. The van der Waals surface area contributed by atoms with Crippen LogP contribution in [-0.4, -0.2) is 60.7 Å². The second kappa shape index (κ2) is 14.6. The number of β-amino-alcohol motifs (C(OH)–C–C–N with tert-alkyl or cyclic N) is 1. The Morgan fingerprint density at radius 1 is 1.10 bits per heavy atom. The highest BCUT2D eigenvalue weighted by Crippen LogP contribution is 2.32. The number of rotatable bonds is 14. The summed E-state index contributed by atoms with van der Waals surface area (Å²) in [5, 5.41) is 22.4. The maximum absolute atomic E-state index is 13.5. The molecule has 0 fully saturated rings. The van der Waals surface area contributed by atoms with Gasteiger partial charge in [-0.25, -0.2) is 8.42 Å². The highest BCUT2D eigenvalue weighted by Gasteiger charge is 2.33. The maximum atomic E-state index is 13.5. The van der Waals surface area contributed by atoms with E-state index in [1.807, 2.05) is 32.0 Å². The zero-order valence-electron chi connectivity index (χ0n) is 23.0. The van der Waals surface area contributed by atoms with Gasteiger partial charge in [-0.15, -0.1) is 0 Å². The van der Waals surface area contributed by atoms with Crippen molar-refractivity contribution in [3.8, 4) is 11.8 Å². The van der Waals surface area contributed by atoms with Crippen LogP contribution in [0.1, 0.15) is 62.6 Å². The van der Waals surface area contributed by atoms with Crippen molar-refractivity contribution in [2.75, 3.05) is 20.1 Å². The third-order valence-electron chi connectivity index (χ3n) is 6.26. The molecule has 2 aromatic carbocycles. The zero-order valence-corrected chi connectivity index (χ0v) is 23.8. The van der Waals surface area contributed by atoms with E-state index in [2.05, 4.69) is 29.3 Å². The number of aliphatic hydroxyl groups excluding tert-OH is 1. The van der Waals surface area contributed by atoms with Gasteiger partial charge in [0.05, 0.1) is 16.6 Å².